The van der Waals surface area contributed by atoms with Gasteiger partial charge in [0.15, 0.2) is 0 Å². The lowest BCUT2D eigenvalue weighted by Crippen LogP contribution is -2.13. The van der Waals surface area contributed by atoms with Crippen molar-refractivity contribution in [2.75, 3.05) is 0 Å². The molecule has 0 bridgehead atoms. The Kier molecular flexibility index (Phi) is 2.36. The van der Waals surface area contributed by atoms with Crippen molar-refractivity contribution in [1.29, 1.82) is 0 Å². The van der Waals surface area contributed by atoms with Gasteiger partial charge in [0, 0.05) is 6.42 Å². The van der Waals surface area contributed by atoms with E-state index in [9.17, 15) is 4.79 Å². The molecule has 0 spiro atoms. The van der Waals surface area contributed by atoms with Gasteiger partial charge < -0.3 is 0 Å². The van der Waals surface area contributed by atoms with Crippen molar-refractivity contribution < 1.29 is 4.79 Å². The zero-order chi connectivity index (χ0) is 8.27. The lowest BCUT2D eigenvalue weighted by molar-refractivity contribution is 0.0870. The number of carbonyl (C=O) groups is 1. The minimum atomic E-state index is -0.00231. The Bertz CT molecular complexity index is 228. The summed E-state index contributed by atoms with van der Waals surface area (Å²) in [5.74, 6) is 0.365. The van der Waals surface area contributed by atoms with Gasteiger partial charge in [0.2, 0.25) is 5.91 Å². The van der Waals surface area contributed by atoms with Crippen molar-refractivity contribution in [2.24, 2.45) is 5.92 Å². The molecule has 0 aromatic carbocycles. The molecule has 1 heterocycles. The van der Waals surface area contributed by atoms with Crippen LogP contribution < -0.4 is 0 Å². The largest absolute Gasteiger partial charge is 0.273 e. The van der Waals surface area contributed by atoms with Crippen LogP contribution in [0.15, 0.2) is 12.7 Å². The second-order valence-corrected chi connectivity index (χ2v) is 2.83. The summed E-state index contributed by atoms with van der Waals surface area (Å²) in [7, 11) is 0. The van der Waals surface area contributed by atoms with Crippen LogP contribution in [0.4, 0.5) is 0 Å². The van der Waals surface area contributed by atoms with Gasteiger partial charge in [0.1, 0.15) is 12.7 Å². The smallest absolute Gasteiger partial charge is 0.248 e. The SMILES string of the molecule is CC(C)CC(=O)n1cncn1. The molecule has 60 valence electrons. The van der Waals surface area contributed by atoms with Crippen LogP contribution in [0.2, 0.25) is 0 Å². The first-order chi connectivity index (χ1) is 5.20. The molecule has 1 aromatic heterocycles. The molecule has 0 aliphatic heterocycles. The first kappa shape index (κ1) is 7.91. The highest BCUT2D eigenvalue weighted by molar-refractivity contribution is 5.77. The van der Waals surface area contributed by atoms with Gasteiger partial charge in [-0.2, -0.15) is 9.78 Å². The van der Waals surface area contributed by atoms with E-state index in [1.807, 2.05) is 13.8 Å². The second-order valence-electron chi connectivity index (χ2n) is 2.83. The summed E-state index contributed by atoms with van der Waals surface area (Å²) in [4.78, 5) is 14.9. The van der Waals surface area contributed by atoms with Crippen molar-refractivity contribution in [3.05, 3.63) is 12.7 Å². The molecule has 0 N–H and O–H groups in total. The van der Waals surface area contributed by atoms with Crippen LogP contribution in [-0.2, 0) is 0 Å². The molecule has 4 nitrogen and oxygen atoms in total. The summed E-state index contributed by atoms with van der Waals surface area (Å²) in [6.45, 7) is 3.99. The van der Waals surface area contributed by atoms with Crippen molar-refractivity contribution in [3.63, 3.8) is 0 Å². The maximum absolute atomic E-state index is 11.2. The fourth-order valence-corrected chi connectivity index (χ4v) is 0.780. The molecule has 0 unspecified atom stereocenters. The van der Waals surface area contributed by atoms with E-state index in [4.69, 9.17) is 0 Å². The minimum absolute atomic E-state index is 0.00231. The van der Waals surface area contributed by atoms with Crippen LogP contribution in [0.25, 0.3) is 0 Å². The number of rotatable bonds is 2. The standard InChI is InChI=1S/C7H11N3O/c1-6(2)3-7(11)10-5-8-4-9-10/h4-6H,3H2,1-2H3. The van der Waals surface area contributed by atoms with E-state index >= 15 is 0 Å². The van der Waals surface area contributed by atoms with E-state index in [-0.39, 0.29) is 5.91 Å². The molecule has 1 rings (SSSR count). The van der Waals surface area contributed by atoms with Crippen LogP contribution in [0.3, 0.4) is 0 Å². The third kappa shape index (κ3) is 2.14. The Morgan fingerprint density at radius 3 is 2.82 bits per heavy atom. The summed E-state index contributed by atoms with van der Waals surface area (Å²) in [6.07, 6.45) is 3.30. The number of aromatic nitrogens is 3. The molecule has 4 heteroatoms. The molecule has 0 aliphatic carbocycles. The molecular weight excluding hydrogens is 142 g/mol. The second kappa shape index (κ2) is 3.27. The summed E-state index contributed by atoms with van der Waals surface area (Å²) in [5.41, 5.74) is 0. The van der Waals surface area contributed by atoms with Gasteiger partial charge >= 0.3 is 0 Å². The lowest BCUT2D eigenvalue weighted by Gasteiger charge is -2.01. The normalized spacial score (nSPS) is 10.5. The predicted molar refractivity (Wildman–Crippen MR) is 40.1 cm³/mol. The highest BCUT2D eigenvalue weighted by atomic mass is 16.2. The molecule has 0 saturated carbocycles. The van der Waals surface area contributed by atoms with Crippen LogP contribution in [0.1, 0.15) is 25.1 Å². The van der Waals surface area contributed by atoms with Gasteiger partial charge in [-0.25, -0.2) is 4.98 Å². The predicted octanol–water partition coefficient (Wildman–Crippen LogP) is 0.964. The summed E-state index contributed by atoms with van der Waals surface area (Å²) >= 11 is 0. The van der Waals surface area contributed by atoms with Gasteiger partial charge in [-0.1, -0.05) is 13.8 Å². The average molecular weight is 153 g/mol. The maximum atomic E-state index is 11.2. The minimum Gasteiger partial charge on any atom is -0.273 e. The molecule has 11 heavy (non-hydrogen) atoms. The number of carbonyl (C=O) groups excluding carboxylic acids is 1. The quantitative estimate of drug-likeness (QED) is 0.635. The summed E-state index contributed by atoms with van der Waals surface area (Å²) in [5, 5.41) is 3.73. The van der Waals surface area contributed by atoms with Crippen LogP contribution in [0, 0.1) is 5.92 Å². The van der Waals surface area contributed by atoms with Gasteiger partial charge in [-0.3, -0.25) is 4.79 Å². The lowest BCUT2D eigenvalue weighted by atomic mass is 10.1. The monoisotopic (exact) mass is 153 g/mol. The van der Waals surface area contributed by atoms with Gasteiger partial charge in [0.05, 0.1) is 0 Å². The Labute approximate surface area is 65.2 Å². The highest BCUT2D eigenvalue weighted by Gasteiger charge is 2.06. The van der Waals surface area contributed by atoms with Crippen LogP contribution in [-0.4, -0.2) is 20.7 Å². The fourth-order valence-electron chi connectivity index (χ4n) is 0.780. The molecular formula is C7H11N3O. The van der Waals surface area contributed by atoms with Crippen molar-refractivity contribution in [2.45, 2.75) is 20.3 Å². The van der Waals surface area contributed by atoms with E-state index in [1.54, 1.807) is 0 Å². The van der Waals surface area contributed by atoms with E-state index in [0.29, 0.717) is 12.3 Å². The Hall–Kier alpha value is -1.19. The zero-order valence-electron chi connectivity index (χ0n) is 6.69. The van der Waals surface area contributed by atoms with Crippen molar-refractivity contribution in [3.8, 4) is 0 Å². The Balaban J connectivity index is 2.57. The van der Waals surface area contributed by atoms with Crippen LogP contribution in [0.5, 0.6) is 0 Å². The number of hydrogen-bond donors (Lipinski definition) is 0. The summed E-state index contributed by atoms with van der Waals surface area (Å²) < 4.78 is 1.26. The van der Waals surface area contributed by atoms with E-state index in [2.05, 4.69) is 10.1 Å². The van der Waals surface area contributed by atoms with Gasteiger partial charge in [-0.05, 0) is 5.92 Å². The maximum Gasteiger partial charge on any atom is 0.248 e. The molecule has 0 saturated heterocycles. The molecule has 0 atom stereocenters. The number of hydrogen-bond acceptors (Lipinski definition) is 3. The molecule has 0 radical (unpaired) electrons. The fraction of sp³-hybridized carbons (Fsp3) is 0.571. The van der Waals surface area contributed by atoms with Gasteiger partial charge in [0.25, 0.3) is 0 Å². The van der Waals surface area contributed by atoms with Gasteiger partial charge in [-0.15, -0.1) is 0 Å². The highest BCUT2D eigenvalue weighted by Crippen LogP contribution is 2.00. The van der Waals surface area contributed by atoms with Crippen LogP contribution >= 0.6 is 0 Å². The first-order valence-electron chi connectivity index (χ1n) is 3.58. The van der Waals surface area contributed by atoms with Crippen molar-refractivity contribution >= 4 is 5.91 Å². The topological polar surface area (TPSA) is 47.8 Å². The van der Waals surface area contributed by atoms with E-state index in [1.165, 1.54) is 17.3 Å². The van der Waals surface area contributed by atoms with E-state index in [0.717, 1.165) is 0 Å². The number of nitrogens with zero attached hydrogens (tertiary/aromatic N) is 3. The molecule has 1 aromatic rings. The van der Waals surface area contributed by atoms with Crippen molar-refractivity contribution in [1.82, 2.24) is 14.8 Å². The third-order valence-electron chi connectivity index (χ3n) is 1.26. The van der Waals surface area contributed by atoms with E-state index < -0.39 is 0 Å². The Morgan fingerprint density at radius 1 is 1.64 bits per heavy atom. The average Bonchev–Trinajstić information content (AvgIpc) is 2.35. The molecule has 0 amide bonds. The summed E-state index contributed by atoms with van der Waals surface area (Å²) in [6, 6.07) is 0. The first-order valence-corrected chi connectivity index (χ1v) is 3.58. The third-order valence-corrected chi connectivity index (χ3v) is 1.26. The molecule has 0 fully saturated rings. The zero-order valence-corrected chi connectivity index (χ0v) is 6.69. The Morgan fingerprint density at radius 2 is 2.36 bits per heavy atom. The molecule has 0 aliphatic rings.